The van der Waals surface area contributed by atoms with Crippen LogP contribution < -0.4 is 10.1 Å². The highest BCUT2D eigenvalue weighted by atomic mass is 32.1. The van der Waals surface area contributed by atoms with Crippen LogP contribution in [0.4, 0.5) is 5.00 Å². The van der Waals surface area contributed by atoms with Gasteiger partial charge in [0.15, 0.2) is 0 Å². The van der Waals surface area contributed by atoms with Gasteiger partial charge in [-0.2, -0.15) is 0 Å². The number of anilines is 1. The average molecular weight is 417 g/mol. The first-order chi connectivity index (χ1) is 13.9. The number of methoxy groups -OCH3 is 2. The first kappa shape index (κ1) is 22.2. The van der Waals surface area contributed by atoms with Crippen LogP contribution in [-0.4, -0.2) is 38.7 Å². The number of carbonyl (C=O) groups is 3. The second kappa shape index (κ2) is 10.4. The first-order valence-corrected chi connectivity index (χ1v) is 9.74. The Kier molecular flexibility index (Phi) is 7.97. The van der Waals surface area contributed by atoms with E-state index in [1.165, 1.54) is 20.3 Å². The van der Waals surface area contributed by atoms with Crippen molar-refractivity contribution in [2.24, 2.45) is 0 Å². The predicted molar refractivity (Wildman–Crippen MR) is 112 cm³/mol. The van der Waals surface area contributed by atoms with E-state index in [1.807, 2.05) is 31.2 Å². The van der Waals surface area contributed by atoms with Crippen LogP contribution in [0.2, 0.25) is 0 Å². The molecule has 1 amide bonds. The number of hydrogen-bond donors (Lipinski definition) is 1. The zero-order chi connectivity index (χ0) is 21.4. The van der Waals surface area contributed by atoms with E-state index in [1.54, 1.807) is 13.0 Å². The average Bonchev–Trinajstić information content (AvgIpc) is 3.05. The molecule has 0 aliphatic carbocycles. The Morgan fingerprint density at radius 3 is 2.31 bits per heavy atom. The number of esters is 2. The summed E-state index contributed by atoms with van der Waals surface area (Å²) in [6.07, 6.45) is 3.91. The van der Waals surface area contributed by atoms with Crippen molar-refractivity contribution in [1.82, 2.24) is 0 Å². The molecule has 0 spiro atoms. The molecule has 0 aliphatic heterocycles. The van der Waals surface area contributed by atoms with Gasteiger partial charge in [0.2, 0.25) is 5.91 Å². The molecule has 2 aromatic rings. The van der Waals surface area contributed by atoms with E-state index in [9.17, 15) is 14.4 Å². The lowest BCUT2D eigenvalue weighted by molar-refractivity contribution is -0.111. The first-order valence-electron chi connectivity index (χ1n) is 8.93. The molecule has 0 saturated heterocycles. The third-order valence-electron chi connectivity index (χ3n) is 3.92. The van der Waals surface area contributed by atoms with Gasteiger partial charge in [-0.1, -0.05) is 19.1 Å². The van der Waals surface area contributed by atoms with Crippen LogP contribution in [0.15, 0.2) is 30.3 Å². The van der Waals surface area contributed by atoms with Crippen molar-refractivity contribution < 1.29 is 28.6 Å². The van der Waals surface area contributed by atoms with Crippen molar-refractivity contribution in [3.63, 3.8) is 0 Å². The van der Waals surface area contributed by atoms with E-state index in [-0.39, 0.29) is 15.4 Å². The van der Waals surface area contributed by atoms with Crippen molar-refractivity contribution in [3.05, 3.63) is 51.9 Å². The summed E-state index contributed by atoms with van der Waals surface area (Å²) in [4.78, 5) is 36.6. The third-order valence-corrected chi connectivity index (χ3v) is 5.11. The van der Waals surface area contributed by atoms with Crippen molar-refractivity contribution in [2.45, 2.75) is 20.3 Å². The molecule has 0 saturated carbocycles. The monoisotopic (exact) mass is 417 g/mol. The van der Waals surface area contributed by atoms with Gasteiger partial charge in [-0.3, -0.25) is 4.79 Å². The molecule has 0 aliphatic rings. The lowest BCUT2D eigenvalue weighted by atomic mass is 10.1. The van der Waals surface area contributed by atoms with Gasteiger partial charge >= 0.3 is 11.9 Å². The molecule has 1 aromatic heterocycles. The number of carbonyl (C=O) groups excluding carboxylic acids is 3. The van der Waals surface area contributed by atoms with Crippen LogP contribution in [-0.2, 0) is 14.3 Å². The van der Waals surface area contributed by atoms with Crippen molar-refractivity contribution in [2.75, 3.05) is 26.1 Å². The van der Waals surface area contributed by atoms with Crippen molar-refractivity contribution >= 4 is 40.3 Å². The lowest BCUT2D eigenvalue weighted by Crippen LogP contribution is -2.11. The van der Waals surface area contributed by atoms with Crippen LogP contribution in [0, 0.1) is 6.92 Å². The molecule has 0 atom stereocenters. The van der Waals surface area contributed by atoms with Gasteiger partial charge in [0, 0.05) is 6.08 Å². The molecule has 2 rings (SSSR count). The Labute approximate surface area is 173 Å². The van der Waals surface area contributed by atoms with Crippen molar-refractivity contribution in [3.8, 4) is 5.75 Å². The van der Waals surface area contributed by atoms with Gasteiger partial charge < -0.3 is 19.5 Å². The van der Waals surface area contributed by atoms with Gasteiger partial charge in [-0.05, 0) is 42.7 Å². The molecule has 1 aromatic carbocycles. The molecule has 154 valence electrons. The number of benzene rings is 1. The van der Waals surface area contributed by atoms with E-state index < -0.39 is 17.8 Å². The lowest BCUT2D eigenvalue weighted by Gasteiger charge is -2.05. The van der Waals surface area contributed by atoms with E-state index in [4.69, 9.17) is 14.2 Å². The minimum absolute atomic E-state index is 0.136. The molecule has 1 N–H and O–H groups in total. The standard InChI is InChI=1S/C21H23NO6S/c1-5-12-28-15-9-6-14(7-10-15)8-11-16(23)22-19-17(20(24)26-3)13(2)18(29-19)21(25)27-4/h6-11H,5,12H2,1-4H3,(H,22,23)/b11-8+. The van der Waals surface area contributed by atoms with Gasteiger partial charge in [0.1, 0.15) is 15.6 Å². The molecule has 8 heteroatoms. The van der Waals surface area contributed by atoms with E-state index >= 15 is 0 Å². The number of thiophene rings is 1. The number of nitrogens with one attached hydrogen (secondary N) is 1. The maximum atomic E-state index is 12.3. The molecule has 0 bridgehead atoms. The molecule has 29 heavy (non-hydrogen) atoms. The highest BCUT2D eigenvalue weighted by molar-refractivity contribution is 7.18. The minimum atomic E-state index is -0.643. The summed E-state index contributed by atoms with van der Waals surface area (Å²) in [7, 11) is 2.48. The summed E-state index contributed by atoms with van der Waals surface area (Å²) < 4.78 is 15.0. The highest BCUT2D eigenvalue weighted by Gasteiger charge is 2.26. The summed E-state index contributed by atoms with van der Waals surface area (Å²) in [6, 6.07) is 7.32. The third kappa shape index (κ3) is 5.68. The van der Waals surface area contributed by atoms with Gasteiger partial charge in [0.25, 0.3) is 0 Å². The van der Waals surface area contributed by atoms with Crippen LogP contribution in [0.1, 0.15) is 44.5 Å². The maximum Gasteiger partial charge on any atom is 0.348 e. The SMILES string of the molecule is CCCOc1ccc(/C=C/C(=O)Nc2sc(C(=O)OC)c(C)c2C(=O)OC)cc1. The van der Waals surface area contributed by atoms with E-state index in [2.05, 4.69) is 5.32 Å². The zero-order valence-corrected chi connectivity index (χ0v) is 17.6. The summed E-state index contributed by atoms with van der Waals surface area (Å²) in [5, 5.41) is 2.86. The van der Waals surface area contributed by atoms with Crippen molar-refractivity contribution in [1.29, 1.82) is 0 Å². The second-order valence-corrected chi connectivity index (χ2v) is 7.00. The minimum Gasteiger partial charge on any atom is -0.494 e. The Bertz CT molecular complexity index is 914. The Hall–Kier alpha value is -3.13. The molecular formula is C21H23NO6S. The van der Waals surface area contributed by atoms with E-state index in [0.717, 1.165) is 29.1 Å². The molecule has 0 radical (unpaired) electrons. The summed E-state index contributed by atoms with van der Waals surface area (Å²) in [5.74, 6) is -0.908. The normalized spacial score (nSPS) is 10.6. The van der Waals surface area contributed by atoms with Gasteiger partial charge in [0.05, 0.1) is 26.4 Å². The second-order valence-electron chi connectivity index (χ2n) is 5.98. The quantitative estimate of drug-likeness (QED) is 0.514. The van der Waals surface area contributed by atoms with Crippen LogP contribution in [0.25, 0.3) is 6.08 Å². The molecule has 7 nitrogen and oxygen atoms in total. The largest absolute Gasteiger partial charge is 0.494 e. The van der Waals surface area contributed by atoms with E-state index in [0.29, 0.717) is 12.2 Å². The number of hydrogen-bond acceptors (Lipinski definition) is 7. The summed E-state index contributed by atoms with van der Waals surface area (Å²) in [5.41, 5.74) is 1.35. The Morgan fingerprint density at radius 2 is 1.72 bits per heavy atom. The van der Waals surface area contributed by atoms with Crippen LogP contribution in [0.5, 0.6) is 5.75 Å². The summed E-state index contributed by atoms with van der Waals surface area (Å²) in [6.45, 7) is 4.28. The fourth-order valence-corrected chi connectivity index (χ4v) is 3.57. The fraction of sp³-hybridized carbons (Fsp3) is 0.286. The fourth-order valence-electron chi connectivity index (χ4n) is 2.46. The Morgan fingerprint density at radius 1 is 1.07 bits per heavy atom. The maximum absolute atomic E-state index is 12.3. The zero-order valence-electron chi connectivity index (χ0n) is 16.7. The predicted octanol–water partition coefficient (Wildman–Crippen LogP) is 4.07. The Balaban J connectivity index is 2.16. The molecule has 0 unspecified atom stereocenters. The number of amides is 1. The number of ether oxygens (including phenoxy) is 3. The number of rotatable bonds is 8. The van der Waals surface area contributed by atoms with Crippen LogP contribution >= 0.6 is 11.3 Å². The topological polar surface area (TPSA) is 90.9 Å². The smallest absolute Gasteiger partial charge is 0.348 e. The molecule has 1 heterocycles. The molecule has 0 fully saturated rings. The van der Waals surface area contributed by atoms with Gasteiger partial charge in [-0.25, -0.2) is 9.59 Å². The molecular weight excluding hydrogens is 394 g/mol. The summed E-state index contributed by atoms with van der Waals surface area (Å²) >= 11 is 0.964. The van der Waals surface area contributed by atoms with Gasteiger partial charge in [-0.15, -0.1) is 11.3 Å². The van der Waals surface area contributed by atoms with Crippen LogP contribution in [0.3, 0.4) is 0 Å². The highest BCUT2D eigenvalue weighted by Crippen LogP contribution is 2.34.